The summed E-state index contributed by atoms with van der Waals surface area (Å²) >= 11 is 1.57. The van der Waals surface area contributed by atoms with Crippen LogP contribution in [-0.2, 0) is 9.53 Å². The number of hydrogen-bond donors (Lipinski definition) is 7. The van der Waals surface area contributed by atoms with Crippen molar-refractivity contribution in [3.05, 3.63) is 131 Å². The molecule has 0 saturated heterocycles. The molecule has 304 valence electrons. The van der Waals surface area contributed by atoms with Crippen molar-refractivity contribution in [2.24, 2.45) is 11.8 Å². The van der Waals surface area contributed by atoms with Gasteiger partial charge >= 0.3 is 0 Å². The Morgan fingerprint density at radius 2 is 1.60 bits per heavy atom. The average molecular weight is 775 g/mol. The van der Waals surface area contributed by atoms with Crippen LogP contribution in [0.25, 0.3) is 11.6 Å². The summed E-state index contributed by atoms with van der Waals surface area (Å²) in [7, 11) is 1.84. The van der Waals surface area contributed by atoms with Crippen molar-refractivity contribution < 1.29 is 14.6 Å². The van der Waals surface area contributed by atoms with Gasteiger partial charge in [0.1, 0.15) is 12.6 Å². The Kier molecular flexibility index (Phi) is 24.6. The second-order valence-corrected chi connectivity index (χ2v) is 14.3. The number of allylic oxidation sites excluding steroid dienone is 2. The molecule has 0 bridgehead atoms. The van der Waals surface area contributed by atoms with E-state index < -0.39 is 12.1 Å². The minimum Gasteiger partial charge on any atom is -0.474 e. The standard InChI is InChI=1S/C43H64N6O3S.C2H6/c1-11-19-37(46-26-31(5)12-2)27-45-33(7)47-42(30(3)4)43(51)49-39(32(6)36-22-17-14-18-23-36)25-41(50)40(24-35-20-15-13-16-21-35)48-34(8)52-29-38(53-10)28-44-9;1-2/h13-24,28,30-31,41-42,44-48,50H,7-8,11-12,25-27,29H2,1-6,9-10H3,(H,49,51);1-2H3/b37-19-,38-28-,39-32-,40-24+;/t31?,41-,42?;/m0./s1. The van der Waals surface area contributed by atoms with Gasteiger partial charge in [-0.15, -0.1) is 11.8 Å². The topological polar surface area (TPSA) is 119 Å². The van der Waals surface area contributed by atoms with Crippen LogP contribution in [0.5, 0.6) is 0 Å². The fourth-order valence-corrected chi connectivity index (χ4v) is 5.60. The first-order valence-electron chi connectivity index (χ1n) is 19.5. The number of carbonyl (C=O) groups is 1. The highest BCUT2D eigenvalue weighted by molar-refractivity contribution is 8.02. The predicted molar refractivity (Wildman–Crippen MR) is 237 cm³/mol. The summed E-state index contributed by atoms with van der Waals surface area (Å²) in [6.45, 7) is 26.5. The Morgan fingerprint density at radius 1 is 0.964 bits per heavy atom. The molecule has 0 aromatic heterocycles. The average Bonchev–Trinajstić information content (AvgIpc) is 3.19. The summed E-state index contributed by atoms with van der Waals surface area (Å²) in [6, 6.07) is 19.0. The van der Waals surface area contributed by atoms with E-state index in [4.69, 9.17) is 4.74 Å². The first-order valence-corrected chi connectivity index (χ1v) is 20.8. The van der Waals surface area contributed by atoms with Gasteiger partial charge in [-0.3, -0.25) is 4.79 Å². The molecule has 2 aromatic carbocycles. The van der Waals surface area contributed by atoms with Gasteiger partial charge in [-0.05, 0) is 60.8 Å². The molecule has 7 N–H and O–H groups in total. The van der Waals surface area contributed by atoms with Gasteiger partial charge in [0.2, 0.25) is 5.91 Å². The fourth-order valence-electron chi connectivity index (χ4n) is 5.19. The fraction of sp³-hybridized carbons (Fsp3) is 0.444. The van der Waals surface area contributed by atoms with Gasteiger partial charge in [-0.25, -0.2) is 0 Å². The molecule has 9 nitrogen and oxygen atoms in total. The molecule has 2 rings (SSSR count). The monoisotopic (exact) mass is 775 g/mol. The van der Waals surface area contributed by atoms with E-state index >= 15 is 0 Å². The van der Waals surface area contributed by atoms with Gasteiger partial charge in [-0.2, -0.15) is 0 Å². The van der Waals surface area contributed by atoms with Crippen molar-refractivity contribution in [2.45, 2.75) is 86.8 Å². The Hall–Kier alpha value is -4.54. The number of carbonyl (C=O) groups excluding carboxylic acids is 1. The third-order valence-corrected chi connectivity index (χ3v) is 9.41. The smallest absolute Gasteiger partial charge is 0.246 e. The van der Waals surface area contributed by atoms with Gasteiger partial charge in [-0.1, -0.05) is 128 Å². The lowest BCUT2D eigenvalue weighted by Gasteiger charge is -2.27. The molecule has 55 heavy (non-hydrogen) atoms. The predicted octanol–water partition coefficient (Wildman–Crippen LogP) is 8.46. The van der Waals surface area contributed by atoms with E-state index in [1.165, 1.54) is 0 Å². The van der Waals surface area contributed by atoms with Crippen molar-refractivity contribution >= 4 is 29.3 Å². The van der Waals surface area contributed by atoms with Crippen LogP contribution in [0, 0.1) is 11.8 Å². The van der Waals surface area contributed by atoms with Gasteiger partial charge < -0.3 is 41.7 Å². The maximum Gasteiger partial charge on any atom is 0.246 e. The highest BCUT2D eigenvalue weighted by Crippen LogP contribution is 2.24. The first kappa shape index (κ1) is 48.5. The van der Waals surface area contributed by atoms with E-state index in [1.54, 1.807) is 11.8 Å². The summed E-state index contributed by atoms with van der Waals surface area (Å²) in [6.07, 6.45) is 8.96. The summed E-state index contributed by atoms with van der Waals surface area (Å²) < 4.78 is 5.93. The third kappa shape index (κ3) is 19.1. The summed E-state index contributed by atoms with van der Waals surface area (Å²) in [5.74, 6) is 1.12. The van der Waals surface area contributed by atoms with Crippen molar-refractivity contribution in [3.63, 3.8) is 0 Å². The summed E-state index contributed by atoms with van der Waals surface area (Å²) in [5, 5.41) is 31.5. The molecule has 0 aliphatic heterocycles. The summed E-state index contributed by atoms with van der Waals surface area (Å²) in [4.78, 5) is 15.1. The lowest BCUT2D eigenvalue weighted by atomic mass is 9.98. The van der Waals surface area contributed by atoms with E-state index in [0.717, 1.165) is 46.7 Å². The van der Waals surface area contributed by atoms with E-state index in [0.29, 0.717) is 42.2 Å². The first-order chi connectivity index (χ1) is 26.4. The molecule has 0 spiro atoms. The van der Waals surface area contributed by atoms with Crippen LogP contribution >= 0.6 is 11.8 Å². The van der Waals surface area contributed by atoms with E-state index in [2.05, 4.69) is 71.9 Å². The van der Waals surface area contributed by atoms with Crippen LogP contribution in [0.15, 0.2) is 120 Å². The van der Waals surface area contributed by atoms with Crippen LogP contribution in [0.2, 0.25) is 0 Å². The van der Waals surface area contributed by atoms with Crippen LogP contribution in [0.1, 0.15) is 85.8 Å². The number of rotatable bonds is 25. The molecular weight excluding hydrogens is 705 g/mol. The molecule has 1 amide bonds. The zero-order valence-electron chi connectivity index (χ0n) is 35.1. The zero-order chi connectivity index (χ0) is 41.2. The molecule has 0 aliphatic carbocycles. The van der Waals surface area contributed by atoms with Gasteiger partial charge in [0.15, 0.2) is 5.88 Å². The Morgan fingerprint density at radius 3 is 2.16 bits per heavy atom. The zero-order valence-corrected chi connectivity index (χ0v) is 36.0. The number of benzene rings is 2. The second kappa shape index (κ2) is 28.0. The van der Waals surface area contributed by atoms with Crippen molar-refractivity contribution in [1.82, 2.24) is 31.9 Å². The Balaban J connectivity index is 0.00000743. The Bertz CT molecular complexity index is 1550. The number of aliphatic hydroxyl groups is 1. The maximum absolute atomic E-state index is 14.1. The van der Waals surface area contributed by atoms with Crippen LogP contribution in [0.3, 0.4) is 0 Å². The normalized spacial score (nSPS) is 13.9. The highest BCUT2D eigenvalue weighted by Gasteiger charge is 2.26. The molecule has 0 aliphatic rings. The number of hydrogen-bond acceptors (Lipinski definition) is 9. The minimum absolute atomic E-state index is 0.0650. The van der Waals surface area contributed by atoms with E-state index in [9.17, 15) is 9.90 Å². The number of nitrogens with one attached hydrogen (secondary N) is 6. The van der Waals surface area contributed by atoms with Crippen molar-refractivity contribution in [1.29, 1.82) is 0 Å². The molecule has 2 aromatic rings. The summed E-state index contributed by atoms with van der Waals surface area (Å²) in [5.41, 5.74) is 4.83. The highest BCUT2D eigenvalue weighted by atomic mass is 32.2. The molecule has 3 atom stereocenters. The van der Waals surface area contributed by atoms with E-state index in [1.807, 2.05) is 121 Å². The molecule has 0 saturated carbocycles. The van der Waals surface area contributed by atoms with Crippen molar-refractivity contribution in [3.8, 4) is 0 Å². The lowest BCUT2D eigenvalue weighted by molar-refractivity contribution is -0.123. The van der Waals surface area contributed by atoms with Crippen LogP contribution in [0.4, 0.5) is 0 Å². The molecule has 0 heterocycles. The van der Waals surface area contributed by atoms with Gasteiger partial charge in [0.25, 0.3) is 0 Å². The molecular formula is C45H70N6O3S. The number of thioether (sulfide) groups is 1. The number of ether oxygens (including phenoxy) is 1. The third-order valence-electron chi connectivity index (χ3n) is 8.65. The number of aliphatic hydroxyl groups excluding tert-OH is 1. The van der Waals surface area contributed by atoms with Gasteiger partial charge in [0, 0.05) is 48.2 Å². The van der Waals surface area contributed by atoms with Crippen molar-refractivity contribution in [2.75, 3.05) is 33.0 Å². The molecule has 10 heteroatoms. The lowest BCUT2D eigenvalue weighted by Crippen LogP contribution is -2.49. The minimum atomic E-state index is -1.05. The van der Waals surface area contributed by atoms with E-state index in [-0.39, 0.29) is 18.2 Å². The van der Waals surface area contributed by atoms with Crippen LogP contribution in [-0.4, -0.2) is 56.2 Å². The maximum atomic E-state index is 14.1. The largest absolute Gasteiger partial charge is 0.474 e. The molecule has 2 unspecified atom stereocenters. The number of amides is 1. The molecule has 0 fully saturated rings. The van der Waals surface area contributed by atoms with Crippen LogP contribution < -0.4 is 31.9 Å². The SMILES string of the molecule is C=C(NC/C(=C/CC)NCC(C)CC)NC(C(=O)N/C(C[C@H](O)/C(=C\c1ccccc1)NC(=C)OC/C(=C/NC)SC)=C(/C)c1ccccc1)C(C)C.CC. The Labute approximate surface area is 337 Å². The molecule has 0 radical (unpaired) electrons. The second-order valence-electron chi connectivity index (χ2n) is 13.4. The quantitative estimate of drug-likeness (QED) is 0.0499. The van der Waals surface area contributed by atoms with Gasteiger partial charge in [0.05, 0.1) is 18.5 Å².